The average Bonchev–Trinajstić information content (AvgIpc) is 2.15. The summed E-state index contributed by atoms with van der Waals surface area (Å²) in [5, 5.41) is 7.62. The lowest BCUT2D eigenvalue weighted by molar-refractivity contribution is 0.334. The molecule has 2 nitrogen and oxygen atoms in total. The van der Waals surface area contributed by atoms with Crippen LogP contribution in [0.2, 0.25) is 0 Å². The highest BCUT2D eigenvalue weighted by atomic mass is 15.1. The van der Waals surface area contributed by atoms with E-state index in [2.05, 4.69) is 24.5 Å². The molecular weight excluding hydrogens is 112 g/mol. The van der Waals surface area contributed by atoms with Crippen molar-refractivity contribution in [1.29, 1.82) is 0 Å². The van der Waals surface area contributed by atoms with Gasteiger partial charge in [-0.3, -0.25) is 0 Å². The Hall–Kier alpha value is -0.0800. The first-order valence-corrected chi connectivity index (χ1v) is 3.51. The topological polar surface area (TPSA) is 26.1 Å². The number of nitrogens with one attached hydrogen (secondary N) is 1. The molecule has 2 atom stereocenters. The van der Waals surface area contributed by atoms with Crippen LogP contribution in [0.25, 0.3) is 0 Å². The van der Waals surface area contributed by atoms with Crippen LogP contribution in [0, 0.1) is 5.92 Å². The number of hydrogen-bond donors (Lipinski definition) is 1. The van der Waals surface area contributed by atoms with Gasteiger partial charge in [-0.25, -0.2) is 5.32 Å². The molecule has 9 heavy (non-hydrogen) atoms. The molecule has 1 radical (unpaired) electrons. The molecule has 1 rings (SSSR count). The molecule has 1 heterocycles. The van der Waals surface area contributed by atoms with Crippen molar-refractivity contribution >= 4 is 0 Å². The molecule has 0 aromatic rings. The lowest BCUT2D eigenvalue weighted by Gasteiger charge is -2.26. The van der Waals surface area contributed by atoms with Gasteiger partial charge in [0.1, 0.15) is 0 Å². The minimum Gasteiger partial charge on any atom is -0.313 e. The van der Waals surface area contributed by atoms with Gasteiger partial charge in [0.25, 0.3) is 0 Å². The van der Waals surface area contributed by atoms with Crippen LogP contribution in [-0.4, -0.2) is 25.7 Å². The van der Waals surface area contributed by atoms with Crippen molar-refractivity contribution in [3.8, 4) is 0 Å². The van der Waals surface area contributed by atoms with Crippen molar-refractivity contribution < 1.29 is 0 Å². The van der Waals surface area contributed by atoms with Gasteiger partial charge in [0.15, 0.2) is 0 Å². The monoisotopic (exact) mass is 127 g/mol. The third-order valence-corrected chi connectivity index (χ3v) is 2.50. The average molecular weight is 127 g/mol. The van der Waals surface area contributed by atoms with Gasteiger partial charge in [-0.2, -0.15) is 0 Å². The highest BCUT2D eigenvalue weighted by Crippen LogP contribution is 2.20. The Balaban J connectivity index is 2.56. The second-order valence-electron chi connectivity index (χ2n) is 3.13. The quantitative estimate of drug-likeness (QED) is 0.535. The van der Waals surface area contributed by atoms with Crippen molar-refractivity contribution in [3.05, 3.63) is 0 Å². The van der Waals surface area contributed by atoms with Crippen molar-refractivity contribution in [1.82, 2.24) is 10.6 Å². The highest BCUT2D eigenvalue weighted by molar-refractivity contribution is 4.95. The molecule has 0 aromatic heterocycles. The first-order chi connectivity index (χ1) is 4.19. The SMILES string of the molecule is CNC1(C)C[N]CC1C. The predicted molar refractivity (Wildman–Crippen MR) is 38.5 cm³/mol. The van der Waals surface area contributed by atoms with Crippen LogP contribution in [-0.2, 0) is 0 Å². The molecule has 0 saturated carbocycles. The second kappa shape index (κ2) is 2.27. The Kier molecular flexibility index (Phi) is 1.78. The summed E-state index contributed by atoms with van der Waals surface area (Å²) in [6.45, 7) is 6.48. The maximum absolute atomic E-state index is 4.33. The fourth-order valence-corrected chi connectivity index (χ4v) is 1.17. The Morgan fingerprint density at radius 1 is 1.67 bits per heavy atom. The molecule has 0 aliphatic carbocycles. The lowest BCUT2D eigenvalue weighted by atomic mass is 9.91. The third kappa shape index (κ3) is 1.10. The first kappa shape index (κ1) is 7.03. The van der Waals surface area contributed by atoms with E-state index in [0.717, 1.165) is 13.1 Å². The minimum atomic E-state index is 0.278. The summed E-state index contributed by atoms with van der Waals surface area (Å²) in [5.74, 6) is 0.697. The summed E-state index contributed by atoms with van der Waals surface area (Å²) in [6, 6.07) is 0. The summed E-state index contributed by atoms with van der Waals surface area (Å²) in [5.41, 5.74) is 0.278. The van der Waals surface area contributed by atoms with E-state index in [1.54, 1.807) is 0 Å². The maximum Gasteiger partial charge on any atom is 0.0330 e. The minimum absolute atomic E-state index is 0.278. The van der Waals surface area contributed by atoms with E-state index in [0.29, 0.717) is 5.92 Å². The molecule has 0 spiro atoms. The van der Waals surface area contributed by atoms with Crippen LogP contribution in [0.5, 0.6) is 0 Å². The van der Waals surface area contributed by atoms with Gasteiger partial charge in [0.05, 0.1) is 0 Å². The molecule has 1 fully saturated rings. The van der Waals surface area contributed by atoms with Gasteiger partial charge >= 0.3 is 0 Å². The Morgan fingerprint density at radius 3 is 2.56 bits per heavy atom. The van der Waals surface area contributed by atoms with Crippen LogP contribution >= 0.6 is 0 Å². The zero-order chi connectivity index (χ0) is 6.91. The van der Waals surface area contributed by atoms with Gasteiger partial charge < -0.3 is 5.32 Å². The summed E-state index contributed by atoms with van der Waals surface area (Å²) >= 11 is 0. The van der Waals surface area contributed by atoms with Crippen LogP contribution in [0.4, 0.5) is 0 Å². The molecule has 1 saturated heterocycles. The van der Waals surface area contributed by atoms with Crippen LogP contribution < -0.4 is 10.6 Å². The van der Waals surface area contributed by atoms with Crippen LogP contribution in [0.3, 0.4) is 0 Å². The largest absolute Gasteiger partial charge is 0.313 e. The zero-order valence-corrected chi connectivity index (χ0v) is 6.44. The van der Waals surface area contributed by atoms with E-state index in [4.69, 9.17) is 0 Å². The van der Waals surface area contributed by atoms with E-state index in [1.165, 1.54) is 0 Å². The summed E-state index contributed by atoms with van der Waals surface area (Å²) < 4.78 is 0. The Labute approximate surface area is 57.0 Å². The van der Waals surface area contributed by atoms with E-state index >= 15 is 0 Å². The van der Waals surface area contributed by atoms with Gasteiger partial charge in [-0.15, -0.1) is 0 Å². The molecule has 2 heteroatoms. The molecular formula is C7H15N2. The van der Waals surface area contributed by atoms with Crippen molar-refractivity contribution in [3.63, 3.8) is 0 Å². The summed E-state index contributed by atoms with van der Waals surface area (Å²) in [4.78, 5) is 0. The lowest BCUT2D eigenvalue weighted by Crippen LogP contribution is -2.45. The summed E-state index contributed by atoms with van der Waals surface area (Å²) in [7, 11) is 2.01. The van der Waals surface area contributed by atoms with E-state index < -0.39 is 0 Å². The van der Waals surface area contributed by atoms with Gasteiger partial charge in [0.2, 0.25) is 0 Å². The van der Waals surface area contributed by atoms with Crippen LogP contribution in [0.1, 0.15) is 13.8 Å². The Bertz CT molecular complexity index is 103. The number of hydrogen-bond acceptors (Lipinski definition) is 1. The second-order valence-corrected chi connectivity index (χ2v) is 3.13. The van der Waals surface area contributed by atoms with Crippen LogP contribution in [0.15, 0.2) is 0 Å². The number of rotatable bonds is 1. The molecule has 1 N–H and O–H groups in total. The third-order valence-electron chi connectivity index (χ3n) is 2.50. The van der Waals surface area contributed by atoms with Crippen molar-refractivity contribution in [2.75, 3.05) is 20.1 Å². The van der Waals surface area contributed by atoms with Gasteiger partial charge in [0, 0.05) is 18.6 Å². The van der Waals surface area contributed by atoms with Gasteiger partial charge in [-0.05, 0) is 19.9 Å². The number of nitrogens with zero attached hydrogens (tertiary/aromatic N) is 1. The van der Waals surface area contributed by atoms with E-state index in [-0.39, 0.29) is 5.54 Å². The molecule has 53 valence electrons. The fraction of sp³-hybridized carbons (Fsp3) is 1.00. The standard InChI is InChI=1S/C7H15N2/c1-6-4-9-5-7(6,2)8-3/h6,8H,4-5H2,1-3H3. The van der Waals surface area contributed by atoms with E-state index in [9.17, 15) is 0 Å². The van der Waals surface area contributed by atoms with Crippen molar-refractivity contribution in [2.24, 2.45) is 5.92 Å². The molecule has 1 aliphatic heterocycles. The van der Waals surface area contributed by atoms with Gasteiger partial charge in [-0.1, -0.05) is 6.92 Å². The highest BCUT2D eigenvalue weighted by Gasteiger charge is 2.34. The number of likely N-dealkylation sites (N-methyl/N-ethyl adjacent to an activating group) is 1. The summed E-state index contributed by atoms with van der Waals surface area (Å²) in [6.07, 6.45) is 0. The zero-order valence-electron chi connectivity index (χ0n) is 6.44. The van der Waals surface area contributed by atoms with E-state index in [1.807, 2.05) is 7.05 Å². The predicted octanol–water partition coefficient (Wildman–Crippen LogP) is 0.219. The maximum atomic E-state index is 4.33. The molecule has 1 aliphatic rings. The molecule has 0 bridgehead atoms. The van der Waals surface area contributed by atoms with Crippen molar-refractivity contribution in [2.45, 2.75) is 19.4 Å². The molecule has 0 amide bonds. The normalized spacial score (nSPS) is 43.7. The smallest absolute Gasteiger partial charge is 0.0330 e. The first-order valence-electron chi connectivity index (χ1n) is 3.51. The molecule has 0 aromatic carbocycles. The Morgan fingerprint density at radius 2 is 2.33 bits per heavy atom. The fourth-order valence-electron chi connectivity index (χ4n) is 1.17. The molecule has 2 unspecified atom stereocenters.